The van der Waals surface area contributed by atoms with Crippen molar-refractivity contribution in [1.82, 2.24) is 4.98 Å². The van der Waals surface area contributed by atoms with Crippen molar-refractivity contribution in [3.8, 4) is 23.1 Å². The average Bonchev–Trinajstić information content (AvgIpc) is 2.78. The number of nitrogens with one attached hydrogen (secondary N) is 1. The fourth-order valence-corrected chi connectivity index (χ4v) is 2.58. The molecule has 0 fully saturated rings. The van der Waals surface area contributed by atoms with E-state index in [2.05, 4.69) is 17.2 Å². The van der Waals surface area contributed by atoms with Crippen LogP contribution in [0.3, 0.4) is 0 Å². The summed E-state index contributed by atoms with van der Waals surface area (Å²) in [4.78, 5) is 16.4. The van der Waals surface area contributed by atoms with Crippen LogP contribution in [0.4, 0.5) is 5.69 Å². The van der Waals surface area contributed by atoms with E-state index in [4.69, 9.17) is 14.2 Å². The summed E-state index contributed by atoms with van der Waals surface area (Å²) >= 11 is 0. The number of ether oxygens (including phenoxy) is 3. The van der Waals surface area contributed by atoms with E-state index in [0.717, 1.165) is 17.7 Å². The highest BCUT2D eigenvalue weighted by Crippen LogP contribution is 2.30. The number of hydrogen-bond acceptors (Lipinski definition) is 5. The van der Waals surface area contributed by atoms with E-state index in [9.17, 15) is 4.79 Å². The van der Waals surface area contributed by atoms with Crippen LogP contribution < -0.4 is 19.5 Å². The first-order valence-electron chi connectivity index (χ1n) is 9.67. The van der Waals surface area contributed by atoms with Crippen molar-refractivity contribution in [2.24, 2.45) is 0 Å². The zero-order chi connectivity index (χ0) is 21.2. The second-order valence-electron chi connectivity index (χ2n) is 6.38. The molecule has 2 aromatic carbocycles. The summed E-state index contributed by atoms with van der Waals surface area (Å²) in [6, 6.07) is 18.3. The van der Waals surface area contributed by atoms with Gasteiger partial charge in [-0.3, -0.25) is 4.79 Å². The lowest BCUT2D eigenvalue weighted by Crippen LogP contribution is -2.07. The molecule has 0 spiro atoms. The molecule has 0 atom stereocenters. The molecule has 3 aromatic rings. The molecule has 0 aliphatic heterocycles. The summed E-state index contributed by atoms with van der Waals surface area (Å²) in [5, 5.41) is 2.77. The molecule has 0 saturated heterocycles. The summed E-state index contributed by atoms with van der Waals surface area (Å²) in [7, 11) is 1.58. The van der Waals surface area contributed by atoms with Crippen molar-refractivity contribution in [1.29, 1.82) is 0 Å². The number of carbonyl (C=O) groups is 1. The second-order valence-corrected chi connectivity index (χ2v) is 6.38. The van der Waals surface area contributed by atoms with Crippen LogP contribution in [0.2, 0.25) is 0 Å². The first-order valence-corrected chi connectivity index (χ1v) is 9.67. The number of carbonyl (C=O) groups excluding carboxylic acids is 1. The Labute approximate surface area is 176 Å². The maximum absolute atomic E-state index is 12.2. The number of amides is 1. The fraction of sp³-hybridized carbons (Fsp3) is 0.167. The smallest absolute Gasteiger partial charge is 0.248 e. The van der Waals surface area contributed by atoms with Gasteiger partial charge in [0.05, 0.1) is 25.6 Å². The van der Waals surface area contributed by atoms with Crippen LogP contribution in [0.15, 0.2) is 72.9 Å². The molecule has 1 amide bonds. The van der Waals surface area contributed by atoms with Gasteiger partial charge in [-0.05, 0) is 48.4 Å². The van der Waals surface area contributed by atoms with Crippen LogP contribution in [0, 0.1) is 0 Å². The maximum atomic E-state index is 12.2. The Hall–Kier alpha value is -3.80. The van der Waals surface area contributed by atoms with E-state index >= 15 is 0 Å². The van der Waals surface area contributed by atoms with Gasteiger partial charge in [0.2, 0.25) is 11.8 Å². The van der Waals surface area contributed by atoms with Crippen molar-refractivity contribution >= 4 is 17.7 Å². The fourth-order valence-electron chi connectivity index (χ4n) is 2.58. The predicted octanol–water partition coefficient (Wildman–Crippen LogP) is 5.32. The van der Waals surface area contributed by atoms with Gasteiger partial charge in [0.25, 0.3) is 0 Å². The maximum Gasteiger partial charge on any atom is 0.248 e. The van der Waals surface area contributed by atoms with Gasteiger partial charge in [-0.15, -0.1) is 0 Å². The highest BCUT2D eigenvalue weighted by molar-refractivity contribution is 6.01. The number of hydrogen-bond donors (Lipinski definition) is 1. The summed E-state index contributed by atoms with van der Waals surface area (Å²) in [6.07, 6.45) is 5.72. The van der Waals surface area contributed by atoms with Gasteiger partial charge >= 0.3 is 0 Å². The molecule has 0 aliphatic carbocycles. The van der Waals surface area contributed by atoms with Crippen LogP contribution in [0.1, 0.15) is 18.9 Å². The Morgan fingerprint density at radius 2 is 1.80 bits per heavy atom. The van der Waals surface area contributed by atoms with Crippen LogP contribution in [0.5, 0.6) is 23.1 Å². The standard InChI is InChI=1S/C24H24N2O4/c1-3-16-29-20-12-8-18(9-13-20)10-14-23(27)26-19-11-15-24(25-17-19)30-22-7-5-4-6-21(22)28-2/h4-15,17H,3,16H2,1-2H3,(H,26,27)/b14-10+. The van der Waals surface area contributed by atoms with Crippen LogP contribution >= 0.6 is 0 Å². The van der Waals surface area contributed by atoms with Gasteiger partial charge in [-0.1, -0.05) is 31.2 Å². The minimum absolute atomic E-state index is 0.249. The third-order valence-electron chi connectivity index (χ3n) is 4.07. The monoisotopic (exact) mass is 404 g/mol. The van der Waals surface area contributed by atoms with Crippen LogP contribution in [-0.2, 0) is 4.79 Å². The number of aromatic nitrogens is 1. The van der Waals surface area contributed by atoms with Gasteiger partial charge in [-0.2, -0.15) is 0 Å². The Bertz CT molecular complexity index is 983. The zero-order valence-corrected chi connectivity index (χ0v) is 17.0. The molecule has 154 valence electrons. The minimum Gasteiger partial charge on any atom is -0.494 e. The predicted molar refractivity (Wildman–Crippen MR) is 117 cm³/mol. The third-order valence-corrected chi connectivity index (χ3v) is 4.07. The van der Waals surface area contributed by atoms with Gasteiger partial charge in [0, 0.05) is 12.1 Å². The third kappa shape index (κ3) is 6.10. The summed E-state index contributed by atoms with van der Waals surface area (Å²) < 4.78 is 16.5. The van der Waals surface area contributed by atoms with E-state index in [-0.39, 0.29) is 5.91 Å². The lowest BCUT2D eigenvalue weighted by atomic mass is 10.2. The molecule has 0 saturated carbocycles. The number of rotatable bonds is 9. The van der Waals surface area contributed by atoms with Gasteiger partial charge in [-0.25, -0.2) is 4.98 Å². The van der Waals surface area contributed by atoms with E-state index < -0.39 is 0 Å². The average molecular weight is 404 g/mol. The number of methoxy groups -OCH3 is 1. The van der Waals surface area contributed by atoms with Crippen molar-refractivity contribution < 1.29 is 19.0 Å². The summed E-state index contributed by atoms with van der Waals surface area (Å²) in [5.74, 6) is 2.16. The summed E-state index contributed by atoms with van der Waals surface area (Å²) in [5.41, 5.74) is 1.48. The Balaban J connectivity index is 1.54. The van der Waals surface area contributed by atoms with Gasteiger partial charge in [0.1, 0.15) is 5.75 Å². The molecule has 1 heterocycles. The van der Waals surface area contributed by atoms with Crippen LogP contribution in [0.25, 0.3) is 6.08 Å². The largest absolute Gasteiger partial charge is 0.494 e. The minimum atomic E-state index is -0.249. The van der Waals surface area contributed by atoms with E-state index in [1.54, 1.807) is 31.4 Å². The summed E-state index contributed by atoms with van der Waals surface area (Å²) in [6.45, 7) is 2.75. The Morgan fingerprint density at radius 1 is 1.03 bits per heavy atom. The molecule has 0 aliphatic rings. The Morgan fingerprint density at radius 3 is 2.47 bits per heavy atom. The SMILES string of the molecule is CCCOc1ccc(/C=C/C(=O)Nc2ccc(Oc3ccccc3OC)nc2)cc1. The van der Waals surface area contributed by atoms with E-state index in [1.165, 1.54) is 12.3 Å². The molecule has 6 heteroatoms. The van der Waals surface area contributed by atoms with E-state index in [1.807, 2.05) is 42.5 Å². The highest BCUT2D eigenvalue weighted by atomic mass is 16.5. The molecule has 0 unspecified atom stereocenters. The van der Waals surface area contributed by atoms with Gasteiger partial charge < -0.3 is 19.5 Å². The van der Waals surface area contributed by atoms with Crippen molar-refractivity contribution in [3.63, 3.8) is 0 Å². The van der Waals surface area contributed by atoms with Crippen molar-refractivity contribution in [2.75, 3.05) is 19.0 Å². The van der Waals surface area contributed by atoms with Crippen molar-refractivity contribution in [3.05, 3.63) is 78.5 Å². The normalized spacial score (nSPS) is 10.6. The molecule has 1 aromatic heterocycles. The van der Waals surface area contributed by atoms with Gasteiger partial charge in [0.15, 0.2) is 11.5 Å². The molecule has 0 radical (unpaired) electrons. The van der Waals surface area contributed by atoms with Crippen molar-refractivity contribution in [2.45, 2.75) is 13.3 Å². The molecular formula is C24H24N2O4. The molecule has 30 heavy (non-hydrogen) atoms. The first-order chi connectivity index (χ1) is 14.7. The molecule has 1 N–H and O–H groups in total. The zero-order valence-electron chi connectivity index (χ0n) is 17.0. The number of pyridine rings is 1. The first kappa shape index (κ1) is 20.9. The number of benzene rings is 2. The molecule has 6 nitrogen and oxygen atoms in total. The second kappa shape index (κ2) is 10.7. The Kier molecular flexibility index (Phi) is 7.44. The van der Waals surface area contributed by atoms with Crippen LogP contribution in [-0.4, -0.2) is 24.6 Å². The quantitative estimate of drug-likeness (QED) is 0.489. The molecule has 3 rings (SSSR count). The topological polar surface area (TPSA) is 69.7 Å². The number of para-hydroxylation sites is 2. The lowest BCUT2D eigenvalue weighted by Gasteiger charge is -2.09. The molecular weight excluding hydrogens is 380 g/mol. The lowest BCUT2D eigenvalue weighted by molar-refractivity contribution is -0.111. The number of anilines is 1. The number of nitrogens with zero attached hydrogens (tertiary/aromatic N) is 1. The highest BCUT2D eigenvalue weighted by Gasteiger charge is 2.06. The molecule has 0 bridgehead atoms. The van der Waals surface area contributed by atoms with E-state index in [0.29, 0.717) is 29.7 Å².